The van der Waals surface area contributed by atoms with Gasteiger partial charge in [-0.3, -0.25) is 8.98 Å². The molecule has 0 aromatic heterocycles. The van der Waals surface area contributed by atoms with E-state index in [0.717, 1.165) is 6.26 Å². The molecule has 100 valence electrons. The van der Waals surface area contributed by atoms with E-state index in [-0.39, 0.29) is 18.0 Å². The highest BCUT2D eigenvalue weighted by Crippen LogP contribution is 2.30. The van der Waals surface area contributed by atoms with E-state index >= 15 is 0 Å². The van der Waals surface area contributed by atoms with Crippen molar-refractivity contribution < 1.29 is 26.9 Å². The molecule has 0 aromatic carbocycles. The third kappa shape index (κ3) is 4.25. The lowest BCUT2D eigenvalue weighted by molar-refractivity contribution is -0.153. The summed E-state index contributed by atoms with van der Waals surface area (Å²) in [5.74, 6) is -0.668. The Labute approximate surface area is 101 Å². The minimum Gasteiger partial charge on any atom is -0.469 e. The minimum atomic E-state index is -3.47. The maximum absolute atomic E-state index is 11.5. The van der Waals surface area contributed by atoms with E-state index in [9.17, 15) is 13.2 Å². The first-order chi connectivity index (χ1) is 7.87. The number of hydrogen-bond donors (Lipinski definition) is 0. The number of hydrogen-bond acceptors (Lipinski definition) is 6. The zero-order chi connectivity index (χ0) is 13.1. The van der Waals surface area contributed by atoms with Crippen molar-refractivity contribution in [3.8, 4) is 0 Å². The van der Waals surface area contributed by atoms with Gasteiger partial charge in [-0.1, -0.05) is 0 Å². The van der Waals surface area contributed by atoms with Crippen molar-refractivity contribution in [3.63, 3.8) is 0 Å². The number of ether oxygens (including phenoxy) is 2. The zero-order valence-electron chi connectivity index (χ0n) is 10.2. The highest BCUT2D eigenvalue weighted by Gasteiger charge is 2.37. The van der Waals surface area contributed by atoms with Crippen LogP contribution >= 0.6 is 0 Å². The molecular formula is C10H18O6S. The maximum Gasteiger partial charge on any atom is 0.311 e. The summed E-state index contributed by atoms with van der Waals surface area (Å²) in [6.07, 6.45) is 1.63. The maximum atomic E-state index is 11.5. The minimum absolute atomic E-state index is 0.324. The number of methoxy groups -OCH3 is 2. The molecule has 0 saturated heterocycles. The smallest absolute Gasteiger partial charge is 0.311 e. The van der Waals surface area contributed by atoms with Gasteiger partial charge in [0.25, 0.3) is 10.1 Å². The van der Waals surface area contributed by atoms with Gasteiger partial charge < -0.3 is 9.47 Å². The molecule has 6 nitrogen and oxygen atoms in total. The second kappa shape index (κ2) is 5.79. The molecule has 1 saturated carbocycles. The zero-order valence-corrected chi connectivity index (χ0v) is 11.0. The molecule has 0 aromatic rings. The SMILES string of the molecule is COC(=O)[C@H]1CC[C@@H](OS(C)(=O)=O)C[C@H]1OC. The highest BCUT2D eigenvalue weighted by atomic mass is 32.2. The Morgan fingerprint density at radius 3 is 2.35 bits per heavy atom. The number of carbonyl (C=O) groups excluding carboxylic acids is 1. The quantitative estimate of drug-likeness (QED) is 0.538. The first-order valence-electron chi connectivity index (χ1n) is 5.36. The van der Waals surface area contributed by atoms with Crippen LogP contribution in [0, 0.1) is 5.92 Å². The van der Waals surface area contributed by atoms with Crippen molar-refractivity contribution in [1.82, 2.24) is 0 Å². The van der Waals surface area contributed by atoms with Crippen LogP contribution in [-0.4, -0.2) is 47.1 Å². The Morgan fingerprint density at radius 1 is 1.24 bits per heavy atom. The van der Waals surface area contributed by atoms with Crippen LogP contribution in [0.3, 0.4) is 0 Å². The molecule has 0 bridgehead atoms. The van der Waals surface area contributed by atoms with Crippen LogP contribution in [-0.2, 0) is 28.6 Å². The van der Waals surface area contributed by atoms with Crippen molar-refractivity contribution in [2.75, 3.05) is 20.5 Å². The molecule has 3 atom stereocenters. The summed E-state index contributed by atoms with van der Waals surface area (Å²) in [5.41, 5.74) is 0. The second-order valence-corrected chi connectivity index (χ2v) is 5.74. The van der Waals surface area contributed by atoms with Crippen molar-refractivity contribution in [2.45, 2.75) is 31.5 Å². The molecule has 0 amide bonds. The molecule has 0 unspecified atom stereocenters. The van der Waals surface area contributed by atoms with Gasteiger partial charge in [0, 0.05) is 13.5 Å². The van der Waals surface area contributed by atoms with Crippen molar-refractivity contribution >= 4 is 16.1 Å². The van der Waals surface area contributed by atoms with Crippen molar-refractivity contribution in [2.24, 2.45) is 5.92 Å². The molecule has 0 aliphatic heterocycles. The van der Waals surface area contributed by atoms with Gasteiger partial charge in [0.15, 0.2) is 0 Å². The average Bonchev–Trinajstić information content (AvgIpc) is 2.25. The lowest BCUT2D eigenvalue weighted by Crippen LogP contribution is -2.40. The largest absolute Gasteiger partial charge is 0.469 e. The van der Waals surface area contributed by atoms with Gasteiger partial charge in [-0.2, -0.15) is 8.42 Å². The topological polar surface area (TPSA) is 78.9 Å². The Morgan fingerprint density at radius 2 is 1.88 bits per heavy atom. The molecular weight excluding hydrogens is 248 g/mol. The second-order valence-electron chi connectivity index (χ2n) is 4.14. The van der Waals surface area contributed by atoms with E-state index in [4.69, 9.17) is 8.92 Å². The summed E-state index contributed by atoms with van der Waals surface area (Å²) >= 11 is 0. The fraction of sp³-hybridized carbons (Fsp3) is 0.900. The van der Waals surface area contributed by atoms with E-state index < -0.39 is 16.2 Å². The predicted octanol–water partition coefficient (Wildman–Crippen LogP) is 0.319. The summed E-state index contributed by atoms with van der Waals surface area (Å²) in [6, 6.07) is 0. The van der Waals surface area contributed by atoms with Gasteiger partial charge in [0.1, 0.15) is 0 Å². The first kappa shape index (κ1) is 14.4. The first-order valence-corrected chi connectivity index (χ1v) is 7.18. The highest BCUT2D eigenvalue weighted by molar-refractivity contribution is 7.86. The van der Waals surface area contributed by atoms with Gasteiger partial charge >= 0.3 is 5.97 Å². The van der Waals surface area contributed by atoms with Gasteiger partial charge in [-0.15, -0.1) is 0 Å². The van der Waals surface area contributed by atoms with Crippen LogP contribution < -0.4 is 0 Å². The summed E-state index contributed by atoms with van der Waals surface area (Å²) < 4.78 is 36.8. The monoisotopic (exact) mass is 266 g/mol. The molecule has 7 heteroatoms. The summed E-state index contributed by atoms with van der Waals surface area (Å²) in [6.45, 7) is 0. The van der Waals surface area contributed by atoms with Gasteiger partial charge in [-0.05, 0) is 12.8 Å². The predicted molar refractivity (Wildman–Crippen MR) is 59.9 cm³/mol. The standard InChI is InChI=1S/C10H18O6S/c1-14-9-6-7(16-17(3,12)13)4-5-8(9)10(11)15-2/h7-9H,4-6H2,1-3H3/t7-,8+,9-/m1/s1. The van der Waals surface area contributed by atoms with Crippen LogP contribution in [0.2, 0.25) is 0 Å². The molecule has 1 aliphatic rings. The summed E-state index contributed by atoms with van der Waals surface area (Å²) in [7, 11) is -0.653. The van der Waals surface area contributed by atoms with Crippen molar-refractivity contribution in [3.05, 3.63) is 0 Å². The normalized spacial score (nSPS) is 29.9. The summed E-state index contributed by atoms with van der Waals surface area (Å²) in [5, 5.41) is 0. The average molecular weight is 266 g/mol. The van der Waals surface area contributed by atoms with Crippen LogP contribution in [0.5, 0.6) is 0 Å². The molecule has 0 heterocycles. The van der Waals surface area contributed by atoms with E-state index in [1.54, 1.807) is 0 Å². The molecule has 1 rings (SSSR count). The Hall–Kier alpha value is -0.660. The Balaban J connectivity index is 2.63. The fourth-order valence-corrected chi connectivity index (χ4v) is 2.78. The van der Waals surface area contributed by atoms with Crippen LogP contribution in [0.25, 0.3) is 0 Å². The lowest BCUT2D eigenvalue weighted by Gasteiger charge is -2.32. The van der Waals surface area contributed by atoms with Crippen LogP contribution in [0.4, 0.5) is 0 Å². The Kier molecular flexibility index (Phi) is 4.91. The van der Waals surface area contributed by atoms with E-state index in [2.05, 4.69) is 4.74 Å². The molecule has 17 heavy (non-hydrogen) atoms. The number of esters is 1. The van der Waals surface area contributed by atoms with Gasteiger partial charge in [-0.25, -0.2) is 0 Å². The van der Waals surface area contributed by atoms with Crippen LogP contribution in [0.1, 0.15) is 19.3 Å². The van der Waals surface area contributed by atoms with E-state index in [1.807, 2.05) is 0 Å². The molecule has 1 fully saturated rings. The van der Waals surface area contributed by atoms with Crippen LogP contribution in [0.15, 0.2) is 0 Å². The summed E-state index contributed by atoms with van der Waals surface area (Å²) in [4.78, 5) is 11.5. The Bertz CT molecular complexity index is 363. The fourth-order valence-electron chi connectivity index (χ4n) is 2.11. The molecule has 0 spiro atoms. The number of rotatable bonds is 4. The molecule has 0 radical (unpaired) electrons. The van der Waals surface area contributed by atoms with E-state index in [0.29, 0.717) is 19.3 Å². The lowest BCUT2D eigenvalue weighted by atomic mass is 9.85. The number of carbonyl (C=O) groups is 1. The van der Waals surface area contributed by atoms with Gasteiger partial charge in [0.05, 0.1) is 31.5 Å². The molecule has 1 aliphatic carbocycles. The molecule has 0 N–H and O–H groups in total. The van der Waals surface area contributed by atoms with Crippen molar-refractivity contribution in [1.29, 1.82) is 0 Å². The van der Waals surface area contributed by atoms with Gasteiger partial charge in [0.2, 0.25) is 0 Å². The third-order valence-corrected chi connectivity index (χ3v) is 3.48. The third-order valence-electron chi connectivity index (χ3n) is 2.86. The van der Waals surface area contributed by atoms with E-state index in [1.165, 1.54) is 14.2 Å².